The van der Waals surface area contributed by atoms with E-state index in [0.29, 0.717) is 22.9 Å². The lowest BCUT2D eigenvalue weighted by molar-refractivity contribution is 0.185. The number of ether oxygens (including phenoxy) is 1. The van der Waals surface area contributed by atoms with Gasteiger partial charge in [0.2, 0.25) is 10.0 Å². The third-order valence-corrected chi connectivity index (χ3v) is 4.62. The molecular weight excluding hydrogens is 278 g/mol. The third-order valence-electron chi connectivity index (χ3n) is 3.58. The van der Waals surface area contributed by atoms with Crippen LogP contribution in [-0.4, -0.2) is 28.2 Å². The second-order valence-electron chi connectivity index (χ2n) is 5.18. The summed E-state index contributed by atoms with van der Waals surface area (Å²) >= 11 is 0. The van der Waals surface area contributed by atoms with Crippen LogP contribution in [0.15, 0.2) is 17.0 Å². The summed E-state index contributed by atoms with van der Waals surface area (Å²) in [5.41, 5.74) is 7.44. The quantitative estimate of drug-likeness (QED) is 0.705. The molecule has 0 radical (unpaired) electrons. The van der Waals surface area contributed by atoms with Crippen molar-refractivity contribution in [1.82, 2.24) is 0 Å². The zero-order valence-corrected chi connectivity index (χ0v) is 12.4. The van der Waals surface area contributed by atoms with Gasteiger partial charge < -0.3 is 15.8 Å². The number of primary sulfonamides is 1. The van der Waals surface area contributed by atoms with E-state index < -0.39 is 10.0 Å². The van der Waals surface area contributed by atoms with Crippen molar-refractivity contribution < 1.29 is 13.2 Å². The number of nitrogens with one attached hydrogen (secondary N) is 1. The average Bonchev–Trinajstić information content (AvgIpc) is 2.84. The summed E-state index contributed by atoms with van der Waals surface area (Å²) in [7, 11) is -3.76. The number of hydrogen-bond donors (Lipinski definition) is 3. The van der Waals surface area contributed by atoms with Crippen LogP contribution in [0.5, 0.6) is 0 Å². The molecule has 1 aromatic carbocycles. The Morgan fingerprint density at radius 1 is 1.45 bits per heavy atom. The SMILES string of the molecule is Cc1c(NCCC2CCOC2)cc(N)cc1S(N)(=O)=O. The molecule has 0 spiro atoms. The monoisotopic (exact) mass is 299 g/mol. The minimum atomic E-state index is -3.76. The van der Waals surface area contributed by atoms with Crippen LogP contribution in [0.1, 0.15) is 18.4 Å². The number of benzene rings is 1. The van der Waals surface area contributed by atoms with Gasteiger partial charge in [-0.2, -0.15) is 0 Å². The Morgan fingerprint density at radius 3 is 2.80 bits per heavy atom. The van der Waals surface area contributed by atoms with E-state index in [4.69, 9.17) is 15.6 Å². The number of sulfonamides is 1. The predicted molar refractivity (Wildman–Crippen MR) is 79.0 cm³/mol. The standard InChI is InChI=1S/C13H21N3O3S/c1-9-12(16-4-2-10-3-5-19-8-10)6-11(14)7-13(9)20(15,17)18/h6-7,10,16H,2-5,8,14H2,1H3,(H2,15,17,18). The van der Waals surface area contributed by atoms with Gasteiger partial charge in [0.05, 0.1) is 4.90 Å². The highest BCUT2D eigenvalue weighted by Gasteiger charge is 2.17. The summed E-state index contributed by atoms with van der Waals surface area (Å²) in [4.78, 5) is 0.0733. The van der Waals surface area contributed by atoms with Crippen molar-refractivity contribution in [3.05, 3.63) is 17.7 Å². The highest BCUT2D eigenvalue weighted by molar-refractivity contribution is 7.89. The summed E-state index contributed by atoms with van der Waals surface area (Å²) in [5, 5.41) is 8.43. The molecule has 1 unspecified atom stereocenters. The second-order valence-corrected chi connectivity index (χ2v) is 6.71. The molecule has 1 fully saturated rings. The third kappa shape index (κ3) is 3.62. The van der Waals surface area contributed by atoms with Gasteiger partial charge in [0, 0.05) is 31.1 Å². The fourth-order valence-corrected chi connectivity index (χ4v) is 3.25. The van der Waals surface area contributed by atoms with Crippen LogP contribution in [0.2, 0.25) is 0 Å². The first kappa shape index (κ1) is 15.1. The predicted octanol–water partition coefficient (Wildman–Crippen LogP) is 1.06. The van der Waals surface area contributed by atoms with E-state index in [1.54, 1.807) is 13.0 Å². The molecule has 1 aromatic rings. The van der Waals surface area contributed by atoms with E-state index in [1.165, 1.54) is 6.07 Å². The summed E-state index contributed by atoms with van der Waals surface area (Å²) in [6, 6.07) is 3.12. The molecule has 1 aliphatic heterocycles. The van der Waals surface area contributed by atoms with Crippen molar-refractivity contribution in [2.75, 3.05) is 30.8 Å². The van der Waals surface area contributed by atoms with Gasteiger partial charge in [-0.25, -0.2) is 13.6 Å². The van der Waals surface area contributed by atoms with Crippen molar-refractivity contribution in [3.63, 3.8) is 0 Å². The first-order valence-corrected chi connectivity index (χ1v) is 8.17. The highest BCUT2D eigenvalue weighted by atomic mass is 32.2. The fourth-order valence-electron chi connectivity index (χ4n) is 2.41. The molecule has 112 valence electrons. The largest absolute Gasteiger partial charge is 0.399 e. The lowest BCUT2D eigenvalue weighted by Crippen LogP contribution is -2.16. The number of hydrogen-bond acceptors (Lipinski definition) is 5. The van der Waals surface area contributed by atoms with Gasteiger partial charge in [-0.1, -0.05) is 0 Å². The van der Waals surface area contributed by atoms with Crippen LogP contribution in [0.4, 0.5) is 11.4 Å². The molecule has 0 saturated carbocycles. The maximum Gasteiger partial charge on any atom is 0.238 e. The van der Waals surface area contributed by atoms with Crippen molar-refractivity contribution >= 4 is 21.4 Å². The minimum absolute atomic E-state index is 0.0733. The van der Waals surface area contributed by atoms with Crippen LogP contribution in [-0.2, 0) is 14.8 Å². The van der Waals surface area contributed by atoms with Crippen LogP contribution >= 0.6 is 0 Å². The molecule has 7 heteroatoms. The van der Waals surface area contributed by atoms with Crippen molar-refractivity contribution in [2.24, 2.45) is 11.1 Å². The molecule has 1 heterocycles. The molecule has 1 saturated heterocycles. The molecule has 20 heavy (non-hydrogen) atoms. The lowest BCUT2D eigenvalue weighted by Gasteiger charge is -2.15. The Balaban J connectivity index is 2.09. The first-order chi connectivity index (χ1) is 9.38. The molecule has 6 nitrogen and oxygen atoms in total. The summed E-state index contributed by atoms with van der Waals surface area (Å²) < 4.78 is 28.4. The van der Waals surface area contributed by atoms with Gasteiger partial charge in [0.25, 0.3) is 0 Å². The van der Waals surface area contributed by atoms with Crippen LogP contribution in [0, 0.1) is 12.8 Å². The molecule has 2 rings (SSSR count). The topological polar surface area (TPSA) is 107 Å². The van der Waals surface area contributed by atoms with E-state index in [2.05, 4.69) is 5.32 Å². The number of anilines is 2. The van der Waals surface area contributed by atoms with Crippen LogP contribution in [0.3, 0.4) is 0 Å². The molecular formula is C13H21N3O3S. The summed E-state index contributed by atoms with van der Waals surface area (Å²) in [5.74, 6) is 0.571. The molecule has 0 aromatic heterocycles. The smallest absolute Gasteiger partial charge is 0.238 e. The van der Waals surface area contributed by atoms with Crippen molar-refractivity contribution in [1.29, 1.82) is 0 Å². The Bertz CT molecular complexity index is 581. The average molecular weight is 299 g/mol. The normalized spacial score (nSPS) is 19.2. The second kappa shape index (κ2) is 5.99. The zero-order chi connectivity index (χ0) is 14.8. The van der Waals surface area contributed by atoms with E-state index in [0.717, 1.165) is 32.6 Å². The maximum atomic E-state index is 11.5. The Morgan fingerprint density at radius 2 is 2.20 bits per heavy atom. The van der Waals surface area contributed by atoms with Gasteiger partial charge in [-0.05, 0) is 43.4 Å². The van der Waals surface area contributed by atoms with E-state index >= 15 is 0 Å². The highest BCUT2D eigenvalue weighted by Crippen LogP contribution is 2.26. The maximum absolute atomic E-state index is 11.5. The Labute approximate surface area is 119 Å². The van der Waals surface area contributed by atoms with Gasteiger partial charge in [0.15, 0.2) is 0 Å². The van der Waals surface area contributed by atoms with Crippen molar-refractivity contribution in [2.45, 2.75) is 24.7 Å². The van der Waals surface area contributed by atoms with Crippen LogP contribution < -0.4 is 16.2 Å². The molecule has 0 amide bonds. The number of nitrogens with two attached hydrogens (primary N) is 2. The minimum Gasteiger partial charge on any atom is -0.399 e. The van der Waals surface area contributed by atoms with Gasteiger partial charge >= 0.3 is 0 Å². The van der Waals surface area contributed by atoms with Crippen LogP contribution in [0.25, 0.3) is 0 Å². The molecule has 1 aliphatic rings. The van der Waals surface area contributed by atoms with E-state index in [9.17, 15) is 8.42 Å². The zero-order valence-electron chi connectivity index (χ0n) is 11.6. The lowest BCUT2D eigenvalue weighted by atomic mass is 10.1. The summed E-state index contributed by atoms with van der Waals surface area (Å²) in [6.07, 6.45) is 2.07. The van der Waals surface area contributed by atoms with Crippen molar-refractivity contribution in [3.8, 4) is 0 Å². The van der Waals surface area contributed by atoms with E-state index in [1.807, 2.05) is 0 Å². The number of rotatable bonds is 5. The van der Waals surface area contributed by atoms with Gasteiger partial charge in [-0.15, -0.1) is 0 Å². The molecule has 0 aliphatic carbocycles. The number of nitrogen functional groups attached to an aromatic ring is 1. The fraction of sp³-hybridized carbons (Fsp3) is 0.538. The Hall–Kier alpha value is -1.31. The van der Waals surface area contributed by atoms with E-state index in [-0.39, 0.29) is 4.90 Å². The van der Waals surface area contributed by atoms with Gasteiger partial charge in [0.1, 0.15) is 0 Å². The first-order valence-electron chi connectivity index (χ1n) is 6.62. The van der Waals surface area contributed by atoms with Gasteiger partial charge in [-0.3, -0.25) is 0 Å². The molecule has 0 bridgehead atoms. The Kier molecular flexibility index (Phi) is 4.52. The molecule has 1 atom stereocenters. The molecule has 5 N–H and O–H groups in total. The summed E-state index contributed by atoms with van der Waals surface area (Å²) in [6.45, 7) is 4.11.